The van der Waals surface area contributed by atoms with Crippen LogP contribution in [-0.4, -0.2) is 15.2 Å². The van der Waals surface area contributed by atoms with Gasteiger partial charge >= 0.3 is 0 Å². The largest absolute Gasteiger partial charge is 0.347 e. The van der Waals surface area contributed by atoms with E-state index in [1.165, 1.54) is 5.69 Å². The van der Waals surface area contributed by atoms with E-state index >= 15 is 0 Å². The van der Waals surface area contributed by atoms with Crippen LogP contribution in [0.1, 0.15) is 22.5 Å². The minimum Gasteiger partial charge on any atom is -0.347 e. The first kappa shape index (κ1) is 10.1. The average molecular weight is 278 g/mol. The summed E-state index contributed by atoms with van der Waals surface area (Å²) in [6.07, 6.45) is 1.87. The van der Waals surface area contributed by atoms with Crippen molar-refractivity contribution < 1.29 is 4.79 Å². The second-order valence-corrected chi connectivity index (χ2v) is 5.37. The molecule has 0 unspecified atom stereocenters. The van der Waals surface area contributed by atoms with E-state index < -0.39 is 0 Å². The number of ketones is 1. The number of rotatable bonds is 0. The van der Waals surface area contributed by atoms with Crippen molar-refractivity contribution in [3.63, 3.8) is 0 Å². The van der Waals surface area contributed by atoms with Gasteiger partial charge in [0, 0.05) is 29.2 Å². The normalized spacial score (nSPS) is 20.1. The molecule has 0 fully saturated rings. The second kappa shape index (κ2) is 3.45. The number of carbonyl (C=O) groups is 1. The number of halogens is 1. The molecule has 1 atom stereocenters. The molecule has 1 heterocycles. The van der Waals surface area contributed by atoms with Crippen molar-refractivity contribution in [3.05, 3.63) is 35.5 Å². The summed E-state index contributed by atoms with van der Waals surface area (Å²) in [7, 11) is 2.04. The number of alkyl halides is 1. The lowest BCUT2D eigenvalue weighted by Gasteiger charge is -2.17. The number of hydrogen-bond donors (Lipinski definition) is 0. The fourth-order valence-electron chi connectivity index (χ4n) is 2.56. The highest BCUT2D eigenvalue weighted by Crippen LogP contribution is 2.33. The van der Waals surface area contributed by atoms with Crippen molar-refractivity contribution in [1.82, 2.24) is 4.57 Å². The van der Waals surface area contributed by atoms with Crippen LogP contribution >= 0.6 is 15.9 Å². The lowest BCUT2D eigenvalue weighted by Crippen LogP contribution is -2.22. The van der Waals surface area contributed by atoms with Gasteiger partial charge in [0.25, 0.3) is 0 Å². The van der Waals surface area contributed by atoms with E-state index in [1.54, 1.807) is 0 Å². The number of carbonyl (C=O) groups excluding carboxylic acids is 1. The number of aromatic nitrogens is 1. The number of benzene rings is 1. The summed E-state index contributed by atoms with van der Waals surface area (Å²) in [5, 5.41) is 1.09. The Morgan fingerprint density at radius 1 is 1.38 bits per heavy atom. The topological polar surface area (TPSA) is 22.0 Å². The van der Waals surface area contributed by atoms with Crippen LogP contribution in [0.25, 0.3) is 10.9 Å². The zero-order valence-electron chi connectivity index (χ0n) is 9.03. The minimum atomic E-state index is -0.00851. The zero-order chi connectivity index (χ0) is 11.3. The van der Waals surface area contributed by atoms with Crippen LogP contribution in [0.3, 0.4) is 0 Å². The number of hydrogen-bond acceptors (Lipinski definition) is 1. The lowest BCUT2D eigenvalue weighted by atomic mass is 9.94. The molecule has 16 heavy (non-hydrogen) atoms. The molecular weight excluding hydrogens is 266 g/mol. The van der Waals surface area contributed by atoms with Crippen LogP contribution in [0, 0.1) is 0 Å². The van der Waals surface area contributed by atoms with Gasteiger partial charge < -0.3 is 4.57 Å². The predicted octanol–water partition coefficient (Wildman–Crippen LogP) is 3.07. The molecule has 2 nitrogen and oxygen atoms in total. The molecular formula is C13H12BrNO. The third-order valence-electron chi connectivity index (χ3n) is 3.39. The maximum atomic E-state index is 12.2. The van der Waals surface area contributed by atoms with Crippen molar-refractivity contribution in [2.75, 3.05) is 0 Å². The maximum absolute atomic E-state index is 12.2. The van der Waals surface area contributed by atoms with Crippen LogP contribution < -0.4 is 0 Å². The van der Waals surface area contributed by atoms with Crippen LogP contribution in [-0.2, 0) is 13.5 Å². The summed E-state index contributed by atoms with van der Waals surface area (Å²) >= 11 is 3.46. The maximum Gasteiger partial charge on any atom is 0.178 e. The van der Waals surface area contributed by atoms with E-state index in [0.29, 0.717) is 0 Å². The van der Waals surface area contributed by atoms with E-state index in [4.69, 9.17) is 0 Å². The van der Waals surface area contributed by atoms with E-state index in [2.05, 4.69) is 26.6 Å². The number of fused-ring (bicyclic) bond motifs is 3. The van der Waals surface area contributed by atoms with Gasteiger partial charge in [-0.1, -0.05) is 34.1 Å². The Balaban J connectivity index is 2.40. The third kappa shape index (κ3) is 1.21. The molecule has 82 valence electrons. The van der Waals surface area contributed by atoms with E-state index in [1.807, 2.05) is 25.2 Å². The molecule has 0 bridgehead atoms. The molecule has 3 rings (SSSR count). The van der Waals surface area contributed by atoms with Crippen molar-refractivity contribution in [1.29, 1.82) is 0 Å². The number of nitrogens with zero attached hydrogens (tertiary/aromatic N) is 1. The molecule has 1 aromatic carbocycles. The SMILES string of the molecule is Cn1c2c(c3ccccc31)C(=O)[C@H](Br)CC2. The van der Waals surface area contributed by atoms with Gasteiger partial charge in [-0.3, -0.25) is 4.79 Å². The minimum absolute atomic E-state index is 0.00851. The first-order valence-corrected chi connectivity index (χ1v) is 6.36. The molecule has 3 heteroatoms. The van der Waals surface area contributed by atoms with Gasteiger partial charge in [-0.2, -0.15) is 0 Å². The number of Topliss-reactive ketones (excluding diaryl/α,β-unsaturated/α-hetero) is 1. The molecule has 0 saturated heterocycles. The highest BCUT2D eigenvalue weighted by molar-refractivity contribution is 9.10. The lowest BCUT2D eigenvalue weighted by molar-refractivity contribution is 0.0982. The van der Waals surface area contributed by atoms with Gasteiger partial charge in [0.15, 0.2) is 5.78 Å². The Hall–Kier alpha value is -1.09. The summed E-state index contributed by atoms with van der Waals surface area (Å²) in [4.78, 5) is 12.2. The van der Waals surface area contributed by atoms with Gasteiger partial charge in [0.05, 0.1) is 4.83 Å². The van der Waals surface area contributed by atoms with Crippen LogP contribution in [0.4, 0.5) is 0 Å². The molecule has 2 aromatic rings. The fraction of sp³-hybridized carbons (Fsp3) is 0.308. The van der Waals surface area contributed by atoms with Crippen LogP contribution in [0.15, 0.2) is 24.3 Å². The third-order valence-corrected chi connectivity index (χ3v) is 4.27. The molecule has 1 aromatic heterocycles. The summed E-state index contributed by atoms with van der Waals surface area (Å²) < 4.78 is 2.15. The van der Waals surface area contributed by atoms with E-state index in [0.717, 1.165) is 29.3 Å². The molecule has 1 aliphatic carbocycles. The van der Waals surface area contributed by atoms with E-state index in [-0.39, 0.29) is 10.6 Å². The predicted molar refractivity (Wildman–Crippen MR) is 68.3 cm³/mol. The quantitative estimate of drug-likeness (QED) is 0.679. The molecule has 0 amide bonds. The fourth-order valence-corrected chi connectivity index (χ4v) is 3.02. The highest BCUT2D eigenvalue weighted by atomic mass is 79.9. The number of para-hydroxylation sites is 1. The van der Waals surface area contributed by atoms with Gasteiger partial charge in [0.1, 0.15) is 0 Å². The van der Waals surface area contributed by atoms with Crippen LogP contribution in [0.2, 0.25) is 0 Å². The van der Waals surface area contributed by atoms with Crippen molar-refractivity contribution >= 4 is 32.6 Å². The number of aryl methyl sites for hydroxylation is 1. The highest BCUT2D eigenvalue weighted by Gasteiger charge is 2.29. The zero-order valence-corrected chi connectivity index (χ0v) is 10.6. The summed E-state index contributed by atoms with van der Waals surface area (Å²) in [5.41, 5.74) is 3.26. The first-order chi connectivity index (χ1) is 7.70. The Morgan fingerprint density at radius 2 is 2.12 bits per heavy atom. The van der Waals surface area contributed by atoms with Gasteiger partial charge in [-0.05, 0) is 18.9 Å². The first-order valence-electron chi connectivity index (χ1n) is 5.44. The molecule has 0 spiro atoms. The van der Waals surface area contributed by atoms with Crippen molar-refractivity contribution in [2.45, 2.75) is 17.7 Å². The Kier molecular flexibility index (Phi) is 2.18. The molecule has 0 N–H and O–H groups in total. The van der Waals surface area contributed by atoms with E-state index in [9.17, 15) is 4.79 Å². The Morgan fingerprint density at radius 3 is 2.94 bits per heavy atom. The van der Waals surface area contributed by atoms with Gasteiger partial charge in [-0.25, -0.2) is 0 Å². The Labute approximate surface area is 102 Å². The monoisotopic (exact) mass is 277 g/mol. The molecule has 0 radical (unpaired) electrons. The summed E-state index contributed by atoms with van der Waals surface area (Å²) in [5.74, 6) is 0.234. The smallest absolute Gasteiger partial charge is 0.178 e. The Bertz CT molecular complexity index is 585. The van der Waals surface area contributed by atoms with Crippen molar-refractivity contribution in [2.24, 2.45) is 7.05 Å². The van der Waals surface area contributed by atoms with Crippen LogP contribution in [0.5, 0.6) is 0 Å². The molecule has 0 saturated carbocycles. The average Bonchev–Trinajstić information content (AvgIpc) is 2.59. The van der Waals surface area contributed by atoms with Gasteiger partial charge in [0.2, 0.25) is 0 Å². The second-order valence-electron chi connectivity index (χ2n) is 4.27. The molecule has 1 aliphatic rings. The van der Waals surface area contributed by atoms with Crippen molar-refractivity contribution in [3.8, 4) is 0 Å². The van der Waals surface area contributed by atoms with Gasteiger partial charge in [-0.15, -0.1) is 0 Å². The molecule has 0 aliphatic heterocycles. The summed E-state index contributed by atoms with van der Waals surface area (Å²) in [6.45, 7) is 0. The summed E-state index contributed by atoms with van der Waals surface area (Å²) in [6, 6.07) is 8.12. The standard InChI is InChI=1S/C13H12BrNO/c1-15-10-5-3-2-4-8(10)12-11(15)7-6-9(14)13(12)16/h2-5,9H,6-7H2,1H3/t9-/m1/s1.